The van der Waals surface area contributed by atoms with E-state index in [1.54, 1.807) is 0 Å². The molecule has 0 amide bonds. The quantitative estimate of drug-likeness (QED) is 0.699. The van der Waals surface area contributed by atoms with Gasteiger partial charge >= 0.3 is 0 Å². The van der Waals surface area contributed by atoms with Crippen molar-refractivity contribution < 1.29 is 4.79 Å². The summed E-state index contributed by atoms with van der Waals surface area (Å²) < 4.78 is 2.09. The summed E-state index contributed by atoms with van der Waals surface area (Å²) >= 11 is 0. The first kappa shape index (κ1) is 9.97. The molecule has 2 aromatic rings. The van der Waals surface area contributed by atoms with E-state index in [1.807, 2.05) is 24.3 Å². The minimum Gasteiger partial charge on any atom is -0.338 e. The molecule has 0 atom stereocenters. The van der Waals surface area contributed by atoms with E-state index in [0.717, 1.165) is 29.4 Å². The number of hydrogen-bond acceptors (Lipinski definition) is 1. The molecule has 2 nitrogen and oxygen atoms in total. The van der Waals surface area contributed by atoms with Crippen molar-refractivity contribution in [1.29, 1.82) is 0 Å². The Bertz CT molecular complexity index is 482. The molecule has 0 aliphatic heterocycles. The standard InChI is InChI=1S/C13H15NO/c1-10(2)8-14-12(9-15)7-11-5-3-4-6-13(11)14/h3-7,9-10H,8H2,1-2H3. The van der Waals surface area contributed by atoms with Crippen molar-refractivity contribution in [3.63, 3.8) is 0 Å². The highest BCUT2D eigenvalue weighted by atomic mass is 16.1. The Hall–Kier alpha value is -1.57. The molecule has 0 fully saturated rings. The lowest BCUT2D eigenvalue weighted by atomic mass is 10.2. The molecule has 78 valence electrons. The summed E-state index contributed by atoms with van der Waals surface area (Å²) in [5.41, 5.74) is 1.92. The molecular formula is C13H15NO. The summed E-state index contributed by atoms with van der Waals surface area (Å²) in [7, 11) is 0. The first-order chi connectivity index (χ1) is 7.22. The summed E-state index contributed by atoms with van der Waals surface area (Å²) in [4.78, 5) is 11.0. The van der Waals surface area contributed by atoms with Crippen LogP contribution in [0.4, 0.5) is 0 Å². The molecule has 0 saturated heterocycles. The van der Waals surface area contributed by atoms with E-state index < -0.39 is 0 Å². The van der Waals surface area contributed by atoms with Gasteiger partial charge in [0.05, 0.1) is 5.69 Å². The number of benzene rings is 1. The summed E-state index contributed by atoms with van der Waals surface area (Å²) in [6.45, 7) is 5.20. The molecule has 1 aromatic carbocycles. The zero-order valence-electron chi connectivity index (χ0n) is 9.10. The highest BCUT2D eigenvalue weighted by molar-refractivity contribution is 5.88. The fourth-order valence-corrected chi connectivity index (χ4v) is 1.90. The van der Waals surface area contributed by atoms with Crippen LogP contribution >= 0.6 is 0 Å². The van der Waals surface area contributed by atoms with Crippen molar-refractivity contribution >= 4 is 17.2 Å². The van der Waals surface area contributed by atoms with Crippen LogP contribution in [0.1, 0.15) is 24.3 Å². The van der Waals surface area contributed by atoms with Gasteiger partial charge in [-0.1, -0.05) is 32.0 Å². The van der Waals surface area contributed by atoms with Crippen LogP contribution in [0.2, 0.25) is 0 Å². The van der Waals surface area contributed by atoms with Crippen LogP contribution in [0.25, 0.3) is 10.9 Å². The number of nitrogens with zero attached hydrogens (tertiary/aromatic N) is 1. The van der Waals surface area contributed by atoms with Crippen molar-refractivity contribution in [2.24, 2.45) is 5.92 Å². The van der Waals surface area contributed by atoms with E-state index in [0.29, 0.717) is 5.92 Å². The Morgan fingerprint density at radius 2 is 2.07 bits per heavy atom. The third kappa shape index (κ3) is 1.80. The van der Waals surface area contributed by atoms with E-state index in [-0.39, 0.29) is 0 Å². The minimum absolute atomic E-state index is 0.541. The summed E-state index contributed by atoms with van der Waals surface area (Å²) in [6.07, 6.45) is 0.933. The van der Waals surface area contributed by atoms with Gasteiger partial charge in [-0.05, 0) is 18.1 Å². The number of carbonyl (C=O) groups excluding carboxylic acids is 1. The molecule has 1 aromatic heterocycles. The number of carbonyl (C=O) groups is 1. The Labute approximate surface area is 89.5 Å². The van der Waals surface area contributed by atoms with E-state index in [9.17, 15) is 4.79 Å². The van der Waals surface area contributed by atoms with Gasteiger partial charge in [-0.2, -0.15) is 0 Å². The number of rotatable bonds is 3. The largest absolute Gasteiger partial charge is 0.338 e. The fraction of sp³-hybridized carbons (Fsp3) is 0.308. The van der Waals surface area contributed by atoms with Crippen molar-refractivity contribution in [3.8, 4) is 0 Å². The predicted molar refractivity (Wildman–Crippen MR) is 62.2 cm³/mol. The van der Waals surface area contributed by atoms with Crippen LogP contribution in [0.5, 0.6) is 0 Å². The molecule has 2 heteroatoms. The molecule has 0 saturated carbocycles. The number of para-hydroxylation sites is 1. The Kier molecular flexibility index (Phi) is 2.58. The van der Waals surface area contributed by atoms with Crippen molar-refractivity contribution in [3.05, 3.63) is 36.0 Å². The second-order valence-electron chi connectivity index (χ2n) is 4.25. The molecule has 0 N–H and O–H groups in total. The Balaban J connectivity index is 2.61. The van der Waals surface area contributed by atoms with E-state index in [2.05, 4.69) is 24.5 Å². The normalized spacial score (nSPS) is 11.1. The van der Waals surface area contributed by atoms with Gasteiger partial charge in [0.2, 0.25) is 0 Å². The number of aromatic nitrogens is 1. The maximum absolute atomic E-state index is 11.0. The molecular weight excluding hydrogens is 186 g/mol. The minimum atomic E-state index is 0.541. The number of hydrogen-bond donors (Lipinski definition) is 0. The van der Waals surface area contributed by atoms with Gasteiger partial charge in [0.15, 0.2) is 6.29 Å². The summed E-state index contributed by atoms with van der Waals surface area (Å²) in [6, 6.07) is 10.1. The molecule has 0 spiro atoms. The van der Waals surface area contributed by atoms with Crippen molar-refractivity contribution in [2.75, 3.05) is 0 Å². The van der Waals surface area contributed by atoms with Gasteiger partial charge in [-0.15, -0.1) is 0 Å². The first-order valence-corrected chi connectivity index (χ1v) is 5.26. The Morgan fingerprint density at radius 3 is 2.73 bits per heavy atom. The average Bonchev–Trinajstić information content (AvgIpc) is 2.56. The lowest BCUT2D eigenvalue weighted by Crippen LogP contribution is -2.07. The van der Waals surface area contributed by atoms with Crippen LogP contribution < -0.4 is 0 Å². The SMILES string of the molecule is CC(C)Cn1c(C=O)cc2ccccc21. The smallest absolute Gasteiger partial charge is 0.166 e. The van der Waals surface area contributed by atoms with Gasteiger partial charge in [-0.3, -0.25) is 4.79 Å². The lowest BCUT2D eigenvalue weighted by molar-refractivity contribution is 0.111. The summed E-state index contributed by atoms with van der Waals surface area (Å²) in [5.74, 6) is 0.541. The Morgan fingerprint density at radius 1 is 1.33 bits per heavy atom. The first-order valence-electron chi connectivity index (χ1n) is 5.26. The summed E-state index contributed by atoms with van der Waals surface area (Å²) in [5, 5.41) is 1.14. The fourth-order valence-electron chi connectivity index (χ4n) is 1.90. The third-order valence-electron chi connectivity index (χ3n) is 2.51. The molecule has 0 aliphatic rings. The molecule has 0 radical (unpaired) electrons. The number of fused-ring (bicyclic) bond motifs is 1. The number of aldehydes is 1. The predicted octanol–water partition coefficient (Wildman–Crippen LogP) is 3.11. The molecule has 0 bridgehead atoms. The second kappa shape index (κ2) is 3.89. The third-order valence-corrected chi connectivity index (χ3v) is 2.51. The van der Waals surface area contributed by atoms with Gasteiger partial charge in [0, 0.05) is 17.4 Å². The molecule has 1 heterocycles. The monoisotopic (exact) mass is 201 g/mol. The molecule has 0 aliphatic carbocycles. The van der Waals surface area contributed by atoms with Crippen LogP contribution in [-0.4, -0.2) is 10.9 Å². The maximum atomic E-state index is 11.0. The van der Waals surface area contributed by atoms with Crippen molar-refractivity contribution in [2.45, 2.75) is 20.4 Å². The zero-order chi connectivity index (χ0) is 10.8. The molecule has 2 rings (SSSR count). The van der Waals surface area contributed by atoms with Crippen LogP contribution in [0.15, 0.2) is 30.3 Å². The highest BCUT2D eigenvalue weighted by Gasteiger charge is 2.08. The average molecular weight is 201 g/mol. The topological polar surface area (TPSA) is 22.0 Å². The lowest BCUT2D eigenvalue weighted by Gasteiger charge is -2.10. The van der Waals surface area contributed by atoms with Gasteiger partial charge in [-0.25, -0.2) is 0 Å². The van der Waals surface area contributed by atoms with E-state index in [4.69, 9.17) is 0 Å². The van der Waals surface area contributed by atoms with Gasteiger partial charge in [0.1, 0.15) is 0 Å². The van der Waals surface area contributed by atoms with Gasteiger partial charge in [0.25, 0.3) is 0 Å². The van der Waals surface area contributed by atoms with Crippen LogP contribution in [0, 0.1) is 5.92 Å². The van der Waals surface area contributed by atoms with Crippen molar-refractivity contribution in [1.82, 2.24) is 4.57 Å². The van der Waals surface area contributed by atoms with Gasteiger partial charge < -0.3 is 4.57 Å². The molecule has 0 unspecified atom stereocenters. The molecule has 15 heavy (non-hydrogen) atoms. The maximum Gasteiger partial charge on any atom is 0.166 e. The van der Waals surface area contributed by atoms with E-state index in [1.165, 1.54) is 0 Å². The zero-order valence-corrected chi connectivity index (χ0v) is 9.10. The van der Waals surface area contributed by atoms with Crippen LogP contribution in [0.3, 0.4) is 0 Å². The highest BCUT2D eigenvalue weighted by Crippen LogP contribution is 2.19. The second-order valence-corrected chi connectivity index (χ2v) is 4.25. The van der Waals surface area contributed by atoms with E-state index >= 15 is 0 Å². The van der Waals surface area contributed by atoms with Crippen LogP contribution in [-0.2, 0) is 6.54 Å².